The Balaban J connectivity index is 0. The normalized spacial score (nSPS) is 12.4. The summed E-state index contributed by atoms with van der Waals surface area (Å²) in [5.74, 6) is 0. The largest absolute Gasteiger partial charge is 1.00 e. The Kier molecular flexibility index (Phi) is 10.1. The van der Waals surface area contributed by atoms with Gasteiger partial charge in [0.2, 0.25) is 0 Å². The second-order valence-electron chi connectivity index (χ2n) is 1.13. The van der Waals surface area contributed by atoms with Gasteiger partial charge in [0.25, 0.3) is 0 Å². The smallest absolute Gasteiger partial charge is 0.379 e. The van der Waals surface area contributed by atoms with E-state index in [4.69, 9.17) is 5.11 Å². The van der Waals surface area contributed by atoms with Crippen molar-refractivity contribution >= 4 is 0 Å². The molecule has 0 radical (unpaired) electrons. The van der Waals surface area contributed by atoms with Gasteiger partial charge in [0.05, 0.1) is 6.23 Å². The van der Waals surface area contributed by atoms with Gasteiger partial charge in [-0.3, -0.25) is 0 Å². The molecule has 0 aliphatic carbocycles. The van der Waals surface area contributed by atoms with Gasteiger partial charge < -0.3 is 17.3 Å². The topological polar surface area (TPSA) is 32.3 Å². The monoisotopic (exact) mass is 285 g/mol. The molecule has 0 aliphatic heterocycles. The summed E-state index contributed by atoms with van der Waals surface area (Å²) in [7, 11) is 0. The first-order chi connectivity index (χ1) is 2.77. The predicted molar refractivity (Wildman–Crippen MR) is 25.0 cm³/mol. The van der Waals surface area contributed by atoms with Crippen LogP contribution in [0.3, 0.4) is 0 Å². The molecule has 0 heterocycles. The van der Waals surface area contributed by atoms with Gasteiger partial charge >= 0.3 is 22.4 Å². The van der Waals surface area contributed by atoms with Crippen molar-refractivity contribution in [3.05, 3.63) is 6.92 Å². The summed E-state index contributed by atoms with van der Waals surface area (Å²) in [5, 5.41) is 11.1. The summed E-state index contributed by atoms with van der Waals surface area (Å²) in [6, 6.07) is 0. The SMILES string of the molecule is [Au+].[CH2-]CNC(C)O. The first kappa shape index (κ1) is 10.6. The van der Waals surface area contributed by atoms with E-state index in [-0.39, 0.29) is 22.4 Å². The van der Waals surface area contributed by atoms with E-state index in [2.05, 4.69) is 12.2 Å². The Bertz CT molecular complexity index is 32.9. The molecule has 0 aromatic rings. The molecule has 0 saturated heterocycles. The van der Waals surface area contributed by atoms with E-state index >= 15 is 0 Å². The fourth-order valence-electron chi connectivity index (χ4n) is 0.209. The van der Waals surface area contributed by atoms with Gasteiger partial charge in [-0.05, 0) is 6.92 Å². The number of aliphatic hydroxyl groups excluding tert-OH is 1. The molecule has 0 aromatic carbocycles. The molecular weight excluding hydrogens is 275 g/mol. The van der Waals surface area contributed by atoms with Crippen molar-refractivity contribution in [3.8, 4) is 0 Å². The van der Waals surface area contributed by atoms with E-state index in [1.807, 2.05) is 0 Å². The van der Waals surface area contributed by atoms with Crippen LogP contribution in [0.25, 0.3) is 0 Å². The van der Waals surface area contributed by atoms with Crippen LogP contribution < -0.4 is 5.32 Å². The molecule has 0 aliphatic rings. The number of aliphatic hydroxyl groups is 1. The molecule has 0 rings (SSSR count). The Morgan fingerprint density at radius 3 is 2.29 bits per heavy atom. The van der Waals surface area contributed by atoms with Crippen LogP contribution in [0.2, 0.25) is 0 Å². The molecule has 0 amide bonds. The number of rotatable bonds is 2. The van der Waals surface area contributed by atoms with Crippen molar-refractivity contribution < 1.29 is 27.5 Å². The summed E-state index contributed by atoms with van der Waals surface area (Å²) in [6.45, 7) is 5.69. The minimum absolute atomic E-state index is 0. The molecule has 3 heteroatoms. The Labute approximate surface area is 59.8 Å². The van der Waals surface area contributed by atoms with E-state index < -0.39 is 6.23 Å². The summed E-state index contributed by atoms with van der Waals surface area (Å²) in [6.07, 6.45) is -0.414. The van der Waals surface area contributed by atoms with Crippen LogP contribution in [-0.4, -0.2) is 17.9 Å². The average molecular weight is 285 g/mol. The van der Waals surface area contributed by atoms with Crippen molar-refractivity contribution in [2.45, 2.75) is 13.2 Å². The molecule has 0 bridgehead atoms. The molecule has 2 nitrogen and oxygen atoms in total. The molecule has 0 aromatic heterocycles. The zero-order valence-electron chi connectivity index (χ0n) is 4.24. The third-order valence-electron chi connectivity index (χ3n) is 0.440. The van der Waals surface area contributed by atoms with Crippen LogP contribution in [0.5, 0.6) is 0 Å². The summed E-state index contributed by atoms with van der Waals surface area (Å²) in [5.41, 5.74) is 0. The molecule has 1 unspecified atom stereocenters. The van der Waals surface area contributed by atoms with Crippen molar-refractivity contribution in [1.29, 1.82) is 0 Å². The van der Waals surface area contributed by atoms with E-state index in [1.54, 1.807) is 6.92 Å². The van der Waals surface area contributed by atoms with E-state index in [1.165, 1.54) is 0 Å². The average Bonchev–Trinajstić information content (AvgIpc) is 1.35. The summed E-state index contributed by atoms with van der Waals surface area (Å²) < 4.78 is 0. The summed E-state index contributed by atoms with van der Waals surface area (Å²) >= 11 is 0. The number of hydrogen-bond donors (Lipinski definition) is 2. The van der Waals surface area contributed by atoms with Crippen molar-refractivity contribution in [2.75, 3.05) is 6.54 Å². The standard InChI is InChI=1S/C4H10NO.Au/c1-3-5-4(2)6;/h4-6H,1,3H2,2H3;/q-1;+1. The summed E-state index contributed by atoms with van der Waals surface area (Å²) in [4.78, 5) is 0. The molecule has 2 N–H and O–H groups in total. The maximum Gasteiger partial charge on any atom is 1.00 e. The molecule has 0 spiro atoms. The van der Waals surface area contributed by atoms with Gasteiger partial charge in [-0.1, -0.05) is 0 Å². The minimum Gasteiger partial charge on any atom is -0.379 e. The van der Waals surface area contributed by atoms with Crippen LogP contribution >= 0.6 is 0 Å². The van der Waals surface area contributed by atoms with Crippen molar-refractivity contribution in [2.24, 2.45) is 0 Å². The van der Waals surface area contributed by atoms with Gasteiger partial charge in [0.1, 0.15) is 0 Å². The zero-order valence-corrected chi connectivity index (χ0v) is 6.41. The maximum atomic E-state index is 8.40. The molecule has 0 saturated carbocycles. The predicted octanol–water partition coefficient (Wildman–Crippen LogP) is -0.254. The first-order valence-corrected chi connectivity index (χ1v) is 1.98. The van der Waals surface area contributed by atoms with Gasteiger partial charge in [-0.15, -0.1) is 6.54 Å². The van der Waals surface area contributed by atoms with Gasteiger partial charge in [-0.25, -0.2) is 0 Å². The van der Waals surface area contributed by atoms with Crippen molar-refractivity contribution in [1.82, 2.24) is 5.32 Å². The fourth-order valence-corrected chi connectivity index (χ4v) is 0.209. The van der Waals surface area contributed by atoms with Gasteiger partial charge in [-0.2, -0.15) is 0 Å². The maximum absolute atomic E-state index is 8.40. The van der Waals surface area contributed by atoms with Crippen LogP contribution in [0, 0.1) is 6.92 Å². The molecule has 7 heavy (non-hydrogen) atoms. The van der Waals surface area contributed by atoms with Gasteiger partial charge in [0, 0.05) is 0 Å². The van der Waals surface area contributed by atoms with E-state index in [0.717, 1.165) is 0 Å². The third kappa shape index (κ3) is 10.8. The second-order valence-corrected chi connectivity index (χ2v) is 1.13. The molecule has 0 fully saturated rings. The minimum atomic E-state index is -0.414. The zero-order chi connectivity index (χ0) is 4.99. The van der Waals surface area contributed by atoms with Crippen LogP contribution in [0.4, 0.5) is 0 Å². The van der Waals surface area contributed by atoms with Crippen LogP contribution in [0.1, 0.15) is 6.92 Å². The van der Waals surface area contributed by atoms with E-state index in [0.29, 0.717) is 6.54 Å². The fraction of sp³-hybridized carbons (Fsp3) is 0.750. The Morgan fingerprint density at radius 2 is 2.29 bits per heavy atom. The third-order valence-corrected chi connectivity index (χ3v) is 0.440. The van der Waals surface area contributed by atoms with Gasteiger partial charge in [0.15, 0.2) is 0 Å². The molecule has 1 atom stereocenters. The van der Waals surface area contributed by atoms with E-state index in [9.17, 15) is 0 Å². The Morgan fingerprint density at radius 1 is 1.86 bits per heavy atom. The Hall–Kier alpha value is 0.660. The quantitative estimate of drug-likeness (QED) is 0.416. The number of nitrogens with one attached hydrogen (secondary N) is 1. The van der Waals surface area contributed by atoms with Crippen LogP contribution in [0.15, 0.2) is 0 Å². The van der Waals surface area contributed by atoms with Crippen LogP contribution in [-0.2, 0) is 22.4 Å². The first-order valence-electron chi connectivity index (χ1n) is 1.98. The molecular formula is C4H10AuNO. The molecule has 48 valence electrons. The number of hydrogen-bond acceptors (Lipinski definition) is 2. The second kappa shape index (κ2) is 6.66. The van der Waals surface area contributed by atoms with Crippen molar-refractivity contribution in [3.63, 3.8) is 0 Å².